The number of carbonyl (C=O) groups is 3. The highest BCUT2D eigenvalue weighted by Crippen LogP contribution is 2.35. The summed E-state index contributed by atoms with van der Waals surface area (Å²) in [4.78, 5) is 46.0. The first kappa shape index (κ1) is 26.9. The first-order valence-corrected chi connectivity index (χ1v) is 14.3. The molecule has 3 aliphatic rings. The van der Waals surface area contributed by atoms with Gasteiger partial charge >= 0.3 is 0 Å². The van der Waals surface area contributed by atoms with Gasteiger partial charge in [-0.05, 0) is 48.9 Å². The number of likely N-dealkylation sites (tertiary alicyclic amines) is 1. The molecule has 8 nitrogen and oxygen atoms in total. The van der Waals surface area contributed by atoms with Crippen LogP contribution in [0.1, 0.15) is 44.5 Å². The van der Waals surface area contributed by atoms with Gasteiger partial charge in [0.25, 0.3) is 5.91 Å². The zero-order chi connectivity index (χ0) is 26.0. The predicted molar refractivity (Wildman–Crippen MR) is 144 cm³/mol. The minimum absolute atomic E-state index is 0.0444. The molecule has 0 spiro atoms. The maximum atomic E-state index is 13.7. The van der Waals surface area contributed by atoms with Crippen molar-refractivity contribution < 1.29 is 19.1 Å². The highest BCUT2D eigenvalue weighted by molar-refractivity contribution is 7.99. The number of nitrogens with one attached hydrogen (secondary N) is 1. The Hall–Kier alpha value is -2.10. The van der Waals surface area contributed by atoms with Crippen LogP contribution in [0.5, 0.6) is 0 Å². The summed E-state index contributed by atoms with van der Waals surface area (Å²) in [5, 5.41) is 3.04. The van der Waals surface area contributed by atoms with E-state index < -0.39 is 17.5 Å². The summed E-state index contributed by atoms with van der Waals surface area (Å²) in [7, 11) is 0. The lowest BCUT2D eigenvalue weighted by Gasteiger charge is -2.36. The number of benzene rings is 1. The van der Waals surface area contributed by atoms with Crippen LogP contribution in [-0.4, -0.2) is 103 Å². The van der Waals surface area contributed by atoms with Crippen LogP contribution < -0.4 is 10.2 Å². The van der Waals surface area contributed by atoms with E-state index in [2.05, 4.69) is 22.0 Å². The Bertz CT molecular complexity index is 956. The van der Waals surface area contributed by atoms with Crippen molar-refractivity contribution in [2.24, 2.45) is 5.41 Å². The zero-order valence-electron chi connectivity index (χ0n) is 22.2. The Balaban J connectivity index is 1.44. The fourth-order valence-electron chi connectivity index (χ4n) is 5.45. The van der Waals surface area contributed by atoms with Gasteiger partial charge in [0.1, 0.15) is 18.7 Å². The fraction of sp³-hybridized carbons (Fsp3) is 0.667. The van der Waals surface area contributed by atoms with Gasteiger partial charge in [0.15, 0.2) is 5.78 Å². The summed E-state index contributed by atoms with van der Waals surface area (Å²) in [6.07, 6.45) is 2.87. The summed E-state index contributed by atoms with van der Waals surface area (Å²) in [5.41, 5.74) is 1.10. The van der Waals surface area contributed by atoms with Crippen molar-refractivity contribution in [3.05, 3.63) is 29.8 Å². The van der Waals surface area contributed by atoms with Crippen molar-refractivity contribution in [1.82, 2.24) is 15.1 Å². The molecule has 0 aliphatic carbocycles. The molecule has 0 radical (unpaired) electrons. The smallest absolute Gasteiger partial charge is 0.251 e. The van der Waals surface area contributed by atoms with E-state index in [1.807, 2.05) is 51.3 Å². The molecule has 3 aliphatic heterocycles. The van der Waals surface area contributed by atoms with E-state index in [4.69, 9.17) is 4.74 Å². The van der Waals surface area contributed by atoms with Crippen molar-refractivity contribution in [2.45, 2.75) is 57.6 Å². The van der Waals surface area contributed by atoms with Crippen LogP contribution in [0.15, 0.2) is 24.3 Å². The molecule has 1 aromatic carbocycles. The van der Waals surface area contributed by atoms with Gasteiger partial charge in [0.05, 0.1) is 11.4 Å². The maximum Gasteiger partial charge on any atom is 0.251 e. The third-order valence-corrected chi connectivity index (χ3v) is 8.54. The third-order valence-electron chi connectivity index (χ3n) is 7.52. The van der Waals surface area contributed by atoms with Gasteiger partial charge < -0.3 is 19.9 Å². The van der Waals surface area contributed by atoms with E-state index in [1.165, 1.54) is 6.42 Å². The first-order valence-electron chi connectivity index (χ1n) is 13.0. The number of thioether (sulfide) groups is 1. The number of hydrogen-bond acceptors (Lipinski definition) is 7. The van der Waals surface area contributed by atoms with Crippen molar-refractivity contribution in [3.63, 3.8) is 0 Å². The van der Waals surface area contributed by atoms with Crippen molar-refractivity contribution >= 4 is 35.0 Å². The Kier molecular flexibility index (Phi) is 8.32. The topological polar surface area (TPSA) is 82.2 Å². The number of ether oxygens (including phenoxy) is 1. The molecular formula is C27H40N4O4S. The standard InChI is InChI=1S/C27H40N4O4S/c1-6-11-29-12-14-30(15-13-29)19-9-7-18(8-10-19)25(33)28-24(27(2,3)4)26(34)31-16-21(36-5)23-22(31)20(32)17-35-23/h7-10,21-24H,6,11-17H2,1-5H3,(H,28,33)/t21-,22+,23+,24?/m0/s1. The van der Waals surface area contributed by atoms with Gasteiger partial charge in [0, 0.05) is 44.0 Å². The third kappa shape index (κ3) is 5.58. The molecule has 198 valence electrons. The van der Waals surface area contributed by atoms with Crippen LogP contribution in [0.25, 0.3) is 0 Å². The summed E-state index contributed by atoms with van der Waals surface area (Å²) in [6.45, 7) is 13.7. The molecule has 0 saturated carbocycles. The quantitative estimate of drug-likeness (QED) is 0.595. The minimum Gasteiger partial charge on any atom is -0.369 e. The normalized spacial score (nSPS) is 25.7. The van der Waals surface area contributed by atoms with Gasteiger partial charge in [-0.15, -0.1) is 0 Å². The van der Waals surface area contributed by atoms with Gasteiger partial charge in [0.2, 0.25) is 5.91 Å². The lowest BCUT2D eigenvalue weighted by Crippen LogP contribution is -2.57. The molecule has 3 heterocycles. The number of ketones is 1. The van der Waals surface area contributed by atoms with Crippen LogP contribution in [0.3, 0.4) is 0 Å². The monoisotopic (exact) mass is 516 g/mol. The Morgan fingerprint density at radius 3 is 2.39 bits per heavy atom. The molecule has 1 aromatic rings. The zero-order valence-corrected chi connectivity index (χ0v) is 23.0. The number of carbonyl (C=O) groups excluding carboxylic acids is 3. The average molecular weight is 517 g/mol. The molecule has 2 amide bonds. The van der Waals surface area contributed by atoms with E-state index in [0.717, 1.165) is 38.4 Å². The Morgan fingerprint density at radius 2 is 1.81 bits per heavy atom. The molecule has 1 N–H and O–H groups in total. The highest BCUT2D eigenvalue weighted by Gasteiger charge is 2.53. The second-order valence-electron chi connectivity index (χ2n) is 11.1. The number of hydrogen-bond donors (Lipinski definition) is 1. The average Bonchev–Trinajstić information content (AvgIpc) is 3.42. The molecule has 3 saturated heterocycles. The maximum absolute atomic E-state index is 13.7. The Morgan fingerprint density at radius 1 is 1.14 bits per heavy atom. The molecule has 4 atom stereocenters. The van der Waals surface area contributed by atoms with Crippen molar-refractivity contribution in [2.75, 3.05) is 57.0 Å². The second kappa shape index (κ2) is 11.1. The Labute approximate surface area is 219 Å². The number of piperazine rings is 1. The summed E-state index contributed by atoms with van der Waals surface area (Å²) < 4.78 is 5.71. The number of rotatable bonds is 7. The molecular weight excluding hydrogens is 476 g/mol. The number of amides is 2. The summed E-state index contributed by atoms with van der Waals surface area (Å²) >= 11 is 1.61. The van der Waals surface area contributed by atoms with Crippen molar-refractivity contribution in [1.29, 1.82) is 0 Å². The SMILES string of the molecule is CCCN1CCN(c2ccc(C(=O)NC(C(=O)N3C[C@H](SC)[C@H]4OCC(=O)[C@H]43)C(C)(C)C)cc2)CC1. The molecule has 0 aromatic heterocycles. The van der Waals surface area contributed by atoms with Crippen LogP contribution in [0.4, 0.5) is 5.69 Å². The molecule has 4 rings (SSSR count). The lowest BCUT2D eigenvalue weighted by molar-refractivity contribution is -0.140. The van der Waals surface area contributed by atoms with Gasteiger partial charge in [-0.25, -0.2) is 0 Å². The number of anilines is 1. The molecule has 36 heavy (non-hydrogen) atoms. The molecule has 1 unspecified atom stereocenters. The fourth-order valence-corrected chi connectivity index (χ4v) is 6.25. The van der Waals surface area contributed by atoms with Crippen LogP contribution in [-0.2, 0) is 14.3 Å². The van der Waals surface area contributed by atoms with E-state index in [0.29, 0.717) is 12.1 Å². The van der Waals surface area contributed by atoms with Gasteiger partial charge in [-0.3, -0.25) is 19.3 Å². The summed E-state index contributed by atoms with van der Waals surface area (Å²) in [5.74, 6) is -0.563. The van der Waals surface area contributed by atoms with E-state index >= 15 is 0 Å². The van der Waals surface area contributed by atoms with Crippen LogP contribution in [0, 0.1) is 5.41 Å². The summed E-state index contributed by atoms with van der Waals surface area (Å²) in [6, 6.07) is 6.32. The highest BCUT2D eigenvalue weighted by atomic mass is 32.2. The molecule has 3 fully saturated rings. The van der Waals surface area contributed by atoms with Crippen LogP contribution >= 0.6 is 11.8 Å². The predicted octanol–water partition coefficient (Wildman–Crippen LogP) is 2.27. The molecule has 9 heteroatoms. The number of nitrogens with zero attached hydrogens (tertiary/aromatic N) is 3. The van der Waals surface area contributed by atoms with E-state index in [9.17, 15) is 14.4 Å². The molecule has 0 bridgehead atoms. The van der Waals surface area contributed by atoms with Gasteiger partial charge in [-0.2, -0.15) is 11.8 Å². The van der Waals surface area contributed by atoms with Crippen LogP contribution in [0.2, 0.25) is 0 Å². The first-order chi connectivity index (χ1) is 17.1. The minimum atomic E-state index is -0.758. The van der Waals surface area contributed by atoms with E-state index in [-0.39, 0.29) is 35.6 Å². The lowest BCUT2D eigenvalue weighted by atomic mass is 9.85. The second-order valence-corrected chi connectivity index (χ2v) is 12.2. The van der Waals surface area contributed by atoms with Crippen molar-refractivity contribution in [3.8, 4) is 0 Å². The number of Topliss-reactive ketones (excluding diaryl/α,β-unsaturated/α-hetero) is 1. The number of fused-ring (bicyclic) bond motifs is 1. The van der Waals surface area contributed by atoms with Gasteiger partial charge in [-0.1, -0.05) is 27.7 Å². The van der Waals surface area contributed by atoms with E-state index in [1.54, 1.807) is 16.7 Å². The largest absolute Gasteiger partial charge is 0.369 e.